The highest BCUT2D eigenvalue weighted by atomic mass is 16.2. The van der Waals surface area contributed by atoms with Gasteiger partial charge in [0.1, 0.15) is 0 Å². The van der Waals surface area contributed by atoms with Gasteiger partial charge in [-0.15, -0.1) is 0 Å². The predicted molar refractivity (Wildman–Crippen MR) is 102 cm³/mol. The predicted octanol–water partition coefficient (Wildman–Crippen LogP) is 1.94. The Morgan fingerprint density at radius 3 is 2.23 bits per heavy atom. The summed E-state index contributed by atoms with van der Waals surface area (Å²) in [5.74, 6) is 0.232. The highest BCUT2D eigenvalue weighted by Gasteiger charge is 2.32. The Morgan fingerprint density at radius 2 is 1.54 bits per heavy atom. The monoisotopic (exact) mass is 350 g/mol. The zero-order valence-electron chi connectivity index (χ0n) is 15.0. The van der Waals surface area contributed by atoms with Crippen molar-refractivity contribution in [1.82, 2.24) is 20.7 Å². The van der Waals surface area contributed by atoms with Gasteiger partial charge < -0.3 is 4.90 Å². The van der Waals surface area contributed by atoms with Crippen LogP contribution in [0, 0.1) is 0 Å². The summed E-state index contributed by atoms with van der Waals surface area (Å²) in [7, 11) is 0. The van der Waals surface area contributed by atoms with E-state index < -0.39 is 0 Å². The fourth-order valence-electron chi connectivity index (χ4n) is 3.85. The van der Waals surface area contributed by atoms with Crippen LogP contribution in [0.4, 0.5) is 0 Å². The van der Waals surface area contributed by atoms with E-state index >= 15 is 0 Å². The molecule has 0 spiro atoms. The summed E-state index contributed by atoms with van der Waals surface area (Å²) in [4.78, 5) is 17.0. The van der Waals surface area contributed by atoms with Gasteiger partial charge in [-0.1, -0.05) is 60.7 Å². The highest BCUT2D eigenvalue weighted by molar-refractivity contribution is 5.78. The van der Waals surface area contributed by atoms with Gasteiger partial charge in [-0.3, -0.25) is 9.69 Å². The van der Waals surface area contributed by atoms with E-state index in [9.17, 15) is 4.79 Å². The maximum atomic E-state index is 12.5. The molecule has 2 aliphatic heterocycles. The number of hydrogen-bond donors (Lipinski definition) is 2. The molecule has 1 amide bonds. The van der Waals surface area contributed by atoms with Gasteiger partial charge in [0, 0.05) is 32.2 Å². The zero-order valence-corrected chi connectivity index (χ0v) is 15.0. The lowest BCUT2D eigenvalue weighted by atomic mass is 10.0. The number of amides is 1. The second kappa shape index (κ2) is 7.99. The average Bonchev–Trinajstić information content (AvgIpc) is 3.20. The number of piperazine rings is 1. The van der Waals surface area contributed by atoms with Crippen LogP contribution < -0.4 is 10.9 Å². The smallest absolute Gasteiger partial charge is 0.227 e. The van der Waals surface area contributed by atoms with E-state index in [0.717, 1.165) is 38.2 Å². The molecule has 2 aromatic carbocycles. The van der Waals surface area contributed by atoms with Crippen LogP contribution in [0.15, 0.2) is 60.7 Å². The Balaban J connectivity index is 1.27. The summed E-state index contributed by atoms with van der Waals surface area (Å²) in [6, 6.07) is 20.9. The maximum Gasteiger partial charge on any atom is 0.227 e. The van der Waals surface area contributed by atoms with Gasteiger partial charge in [-0.05, 0) is 17.5 Å². The second-order valence-electron chi connectivity index (χ2n) is 7.08. The number of benzene rings is 2. The number of hydrogen-bond acceptors (Lipinski definition) is 4. The quantitative estimate of drug-likeness (QED) is 0.885. The summed E-state index contributed by atoms with van der Waals surface area (Å²) in [6.45, 7) is 3.45. The largest absolute Gasteiger partial charge is 0.340 e. The number of rotatable bonds is 4. The Bertz CT molecular complexity index is 713. The molecule has 2 heterocycles. The SMILES string of the molecule is O=C(Cc1ccccc1)N1CCN(C2CC(c3ccccc3)NN2)CC1. The average molecular weight is 350 g/mol. The normalized spacial score (nSPS) is 23.9. The number of nitrogens with one attached hydrogen (secondary N) is 2. The van der Waals surface area contributed by atoms with Crippen LogP contribution >= 0.6 is 0 Å². The van der Waals surface area contributed by atoms with E-state index in [0.29, 0.717) is 18.6 Å². The highest BCUT2D eigenvalue weighted by Crippen LogP contribution is 2.24. The van der Waals surface area contributed by atoms with E-state index in [4.69, 9.17) is 0 Å². The van der Waals surface area contributed by atoms with Gasteiger partial charge >= 0.3 is 0 Å². The Morgan fingerprint density at radius 1 is 0.885 bits per heavy atom. The van der Waals surface area contributed by atoms with E-state index in [1.54, 1.807) is 0 Å². The minimum atomic E-state index is 0.232. The lowest BCUT2D eigenvalue weighted by molar-refractivity contribution is -0.132. The lowest BCUT2D eigenvalue weighted by Gasteiger charge is -2.37. The molecular formula is C21H26N4O. The van der Waals surface area contributed by atoms with Crippen LogP contribution in [0.1, 0.15) is 23.6 Å². The third kappa shape index (κ3) is 3.96. The molecule has 0 bridgehead atoms. The molecule has 4 rings (SSSR count). The molecule has 5 heteroatoms. The molecule has 2 aliphatic rings. The lowest BCUT2D eigenvalue weighted by Crippen LogP contribution is -2.55. The van der Waals surface area contributed by atoms with Crippen molar-refractivity contribution in [2.45, 2.75) is 25.0 Å². The van der Waals surface area contributed by atoms with Crippen LogP contribution in [0.5, 0.6) is 0 Å². The van der Waals surface area contributed by atoms with Crippen molar-refractivity contribution in [3.8, 4) is 0 Å². The Labute approximate surface area is 155 Å². The van der Waals surface area contributed by atoms with Crippen molar-refractivity contribution in [2.75, 3.05) is 26.2 Å². The Hall–Kier alpha value is -2.21. The zero-order chi connectivity index (χ0) is 17.8. The summed E-state index contributed by atoms with van der Waals surface area (Å²) >= 11 is 0. The molecule has 26 heavy (non-hydrogen) atoms. The number of carbonyl (C=O) groups is 1. The van der Waals surface area contributed by atoms with Crippen LogP contribution in [0.3, 0.4) is 0 Å². The molecule has 0 saturated carbocycles. The van der Waals surface area contributed by atoms with Gasteiger partial charge in [0.25, 0.3) is 0 Å². The van der Waals surface area contributed by atoms with Crippen LogP contribution in [0.2, 0.25) is 0 Å². The van der Waals surface area contributed by atoms with Gasteiger partial charge in [0.15, 0.2) is 0 Å². The van der Waals surface area contributed by atoms with E-state index in [-0.39, 0.29) is 5.91 Å². The topological polar surface area (TPSA) is 47.6 Å². The Kier molecular flexibility index (Phi) is 5.29. The first-order valence-corrected chi connectivity index (χ1v) is 9.41. The van der Waals surface area contributed by atoms with Crippen molar-refractivity contribution in [3.63, 3.8) is 0 Å². The molecule has 0 radical (unpaired) electrons. The molecule has 2 saturated heterocycles. The standard InChI is InChI=1S/C21H26N4O/c26-21(15-17-7-3-1-4-8-17)25-13-11-24(12-14-25)20-16-19(22-23-20)18-9-5-2-6-10-18/h1-10,19-20,22-23H,11-16H2. The molecular weight excluding hydrogens is 324 g/mol. The number of carbonyl (C=O) groups excluding carboxylic acids is 1. The number of hydrazine groups is 1. The van der Waals surface area contributed by atoms with Gasteiger partial charge in [-0.2, -0.15) is 0 Å². The molecule has 2 N–H and O–H groups in total. The fraction of sp³-hybridized carbons (Fsp3) is 0.381. The summed E-state index contributed by atoms with van der Waals surface area (Å²) < 4.78 is 0. The molecule has 0 aliphatic carbocycles. The summed E-state index contributed by atoms with van der Waals surface area (Å²) in [5, 5.41) is 0. The third-order valence-electron chi connectivity index (χ3n) is 5.39. The summed E-state index contributed by atoms with van der Waals surface area (Å²) in [6.07, 6.45) is 1.87. The number of nitrogens with zero attached hydrogens (tertiary/aromatic N) is 2. The van der Waals surface area contributed by atoms with Gasteiger partial charge in [0.05, 0.1) is 12.6 Å². The first kappa shape index (κ1) is 17.2. The van der Waals surface area contributed by atoms with Gasteiger partial charge in [-0.25, -0.2) is 10.9 Å². The maximum absolute atomic E-state index is 12.5. The molecule has 2 atom stereocenters. The molecule has 0 aromatic heterocycles. The molecule has 2 fully saturated rings. The summed E-state index contributed by atoms with van der Waals surface area (Å²) in [5.41, 5.74) is 9.25. The minimum Gasteiger partial charge on any atom is -0.340 e. The van der Waals surface area contributed by atoms with E-state index in [1.807, 2.05) is 35.2 Å². The molecule has 136 valence electrons. The molecule has 2 unspecified atom stereocenters. The van der Waals surface area contributed by atoms with E-state index in [2.05, 4.69) is 46.1 Å². The van der Waals surface area contributed by atoms with Crippen molar-refractivity contribution >= 4 is 5.91 Å². The van der Waals surface area contributed by atoms with Crippen LogP contribution in [0.25, 0.3) is 0 Å². The first-order valence-electron chi connectivity index (χ1n) is 9.41. The molecule has 5 nitrogen and oxygen atoms in total. The third-order valence-corrected chi connectivity index (χ3v) is 5.39. The second-order valence-corrected chi connectivity index (χ2v) is 7.08. The van der Waals surface area contributed by atoms with Crippen molar-refractivity contribution in [3.05, 3.63) is 71.8 Å². The first-order chi connectivity index (χ1) is 12.8. The minimum absolute atomic E-state index is 0.232. The molecule has 2 aromatic rings. The van der Waals surface area contributed by atoms with Crippen LogP contribution in [-0.2, 0) is 11.2 Å². The van der Waals surface area contributed by atoms with Gasteiger partial charge in [0.2, 0.25) is 5.91 Å². The van der Waals surface area contributed by atoms with E-state index in [1.165, 1.54) is 5.56 Å². The van der Waals surface area contributed by atoms with Crippen LogP contribution in [-0.4, -0.2) is 48.1 Å². The fourth-order valence-corrected chi connectivity index (χ4v) is 3.85. The van der Waals surface area contributed by atoms with Crippen molar-refractivity contribution < 1.29 is 4.79 Å². The van der Waals surface area contributed by atoms with Crippen molar-refractivity contribution in [2.24, 2.45) is 0 Å². The van der Waals surface area contributed by atoms with Crippen molar-refractivity contribution in [1.29, 1.82) is 0 Å².